The highest BCUT2D eigenvalue weighted by molar-refractivity contribution is 5.46. The molecule has 0 aromatic heterocycles. The van der Waals surface area contributed by atoms with Crippen molar-refractivity contribution in [3.8, 4) is 0 Å². The third-order valence-electron chi connectivity index (χ3n) is 3.57. The molecule has 1 saturated carbocycles. The molecule has 0 aliphatic heterocycles. The van der Waals surface area contributed by atoms with Crippen LogP contribution in [-0.2, 0) is 6.42 Å². The molecule has 0 saturated heterocycles. The fraction of sp³-hybridized carbons (Fsp3) is 0.571. The van der Waals surface area contributed by atoms with Gasteiger partial charge in [-0.15, -0.1) is 0 Å². The molecule has 0 bridgehead atoms. The Bertz CT molecular complexity index is 331. The molecule has 88 valence electrons. The zero-order valence-corrected chi connectivity index (χ0v) is 10.2. The molecule has 2 heteroatoms. The van der Waals surface area contributed by atoms with Gasteiger partial charge in [0.15, 0.2) is 0 Å². The van der Waals surface area contributed by atoms with Crippen molar-refractivity contribution in [2.45, 2.75) is 31.8 Å². The van der Waals surface area contributed by atoms with E-state index in [0.29, 0.717) is 5.92 Å². The maximum atomic E-state index is 9.78. The van der Waals surface area contributed by atoms with E-state index in [4.69, 9.17) is 0 Å². The predicted octanol–water partition coefficient (Wildman–Crippen LogP) is 2.46. The summed E-state index contributed by atoms with van der Waals surface area (Å²) in [5.41, 5.74) is 2.58. The van der Waals surface area contributed by atoms with E-state index < -0.39 is 0 Å². The number of aliphatic hydroxyl groups excluding tert-OH is 1. The van der Waals surface area contributed by atoms with Crippen LogP contribution in [0.5, 0.6) is 0 Å². The van der Waals surface area contributed by atoms with Gasteiger partial charge in [-0.3, -0.25) is 0 Å². The van der Waals surface area contributed by atoms with Crippen molar-refractivity contribution in [2.24, 2.45) is 5.92 Å². The molecule has 2 rings (SSSR count). The van der Waals surface area contributed by atoms with Crippen molar-refractivity contribution in [2.75, 3.05) is 19.0 Å². The minimum atomic E-state index is -0.0754. The summed E-state index contributed by atoms with van der Waals surface area (Å²) < 4.78 is 0. The van der Waals surface area contributed by atoms with Crippen LogP contribution in [0.2, 0.25) is 0 Å². The molecule has 1 aromatic rings. The first-order valence-electron chi connectivity index (χ1n) is 6.11. The molecule has 0 spiro atoms. The van der Waals surface area contributed by atoms with Crippen LogP contribution in [0.1, 0.15) is 24.8 Å². The zero-order valence-electron chi connectivity index (χ0n) is 10.2. The molecule has 1 aliphatic rings. The van der Waals surface area contributed by atoms with Crippen molar-refractivity contribution in [3.05, 3.63) is 29.8 Å². The Kier molecular flexibility index (Phi) is 3.49. The molecule has 1 aromatic carbocycles. The fourth-order valence-corrected chi connectivity index (χ4v) is 2.49. The molecule has 0 heterocycles. The number of aliphatic hydroxyl groups is 1. The number of benzene rings is 1. The van der Waals surface area contributed by atoms with Gasteiger partial charge in [-0.25, -0.2) is 0 Å². The summed E-state index contributed by atoms with van der Waals surface area (Å²) in [6.07, 6.45) is 4.29. The van der Waals surface area contributed by atoms with Gasteiger partial charge in [-0.05, 0) is 42.9 Å². The highest BCUT2D eigenvalue weighted by Crippen LogP contribution is 2.29. The van der Waals surface area contributed by atoms with E-state index in [9.17, 15) is 5.11 Å². The molecule has 1 aliphatic carbocycles. The number of nitrogens with zero attached hydrogens (tertiary/aromatic N) is 1. The topological polar surface area (TPSA) is 23.5 Å². The van der Waals surface area contributed by atoms with Crippen molar-refractivity contribution in [1.82, 2.24) is 0 Å². The minimum Gasteiger partial charge on any atom is -0.393 e. The van der Waals surface area contributed by atoms with E-state index in [1.807, 2.05) is 0 Å². The summed E-state index contributed by atoms with van der Waals surface area (Å²) >= 11 is 0. The van der Waals surface area contributed by atoms with E-state index in [1.165, 1.54) is 24.1 Å². The van der Waals surface area contributed by atoms with E-state index in [2.05, 4.69) is 43.3 Å². The smallest absolute Gasteiger partial charge is 0.0571 e. The summed E-state index contributed by atoms with van der Waals surface area (Å²) in [6, 6.07) is 8.66. The van der Waals surface area contributed by atoms with Crippen LogP contribution >= 0.6 is 0 Å². The van der Waals surface area contributed by atoms with Crippen LogP contribution in [0.3, 0.4) is 0 Å². The summed E-state index contributed by atoms with van der Waals surface area (Å²) in [6.45, 7) is 0. The number of rotatable bonds is 3. The van der Waals surface area contributed by atoms with Crippen LogP contribution in [0.4, 0.5) is 5.69 Å². The normalized spacial score (nSPS) is 24.7. The average Bonchev–Trinajstić information content (AvgIpc) is 2.65. The molecular weight excluding hydrogens is 198 g/mol. The second-order valence-corrected chi connectivity index (χ2v) is 5.02. The summed E-state index contributed by atoms with van der Waals surface area (Å²) in [5, 5.41) is 9.78. The van der Waals surface area contributed by atoms with Gasteiger partial charge in [0, 0.05) is 19.8 Å². The second-order valence-electron chi connectivity index (χ2n) is 5.02. The van der Waals surface area contributed by atoms with Gasteiger partial charge in [-0.1, -0.05) is 18.6 Å². The lowest BCUT2D eigenvalue weighted by atomic mass is 9.96. The number of hydrogen-bond donors (Lipinski definition) is 1. The molecule has 1 N–H and O–H groups in total. The fourth-order valence-electron chi connectivity index (χ4n) is 2.49. The van der Waals surface area contributed by atoms with E-state index in [1.54, 1.807) is 0 Å². The van der Waals surface area contributed by atoms with Gasteiger partial charge in [0.05, 0.1) is 6.10 Å². The summed E-state index contributed by atoms with van der Waals surface area (Å²) in [7, 11) is 4.10. The molecule has 2 atom stereocenters. The van der Waals surface area contributed by atoms with E-state index >= 15 is 0 Å². The quantitative estimate of drug-likeness (QED) is 0.844. The lowest BCUT2D eigenvalue weighted by molar-refractivity contribution is 0.132. The number of anilines is 1. The van der Waals surface area contributed by atoms with Gasteiger partial charge < -0.3 is 10.0 Å². The first-order chi connectivity index (χ1) is 7.66. The SMILES string of the molecule is CN(C)c1ccc(CC2CCCC2O)cc1. The minimum absolute atomic E-state index is 0.0754. The molecule has 2 nitrogen and oxygen atoms in total. The van der Waals surface area contributed by atoms with Gasteiger partial charge >= 0.3 is 0 Å². The lowest BCUT2D eigenvalue weighted by Crippen LogP contribution is -2.15. The van der Waals surface area contributed by atoms with Crippen molar-refractivity contribution >= 4 is 5.69 Å². The molecule has 1 fully saturated rings. The molecule has 2 unspecified atom stereocenters. The van der Waals surface area contributed by atoms with Crippen molar-refractivity contribution < 1.29 is 5.11 Å². The summed E-state index contributed by atoms with van der Waals surface area (Å²) in [4.78, 5) is 2.11. The summed E-state index contributed by atoms with van der Waals surface area (Å²) in [5.74, 6) is 0.477. The monoisotopic (exact) mass is 219 g/mol. The van der Waals surface area contributed by atoms with Gasteiger partial charge in [-0.2, -0.15) is 0 Å². The van der Waals surface area contributed by atoms with Gasteiger partial charge in [0.25, 0.3) is 0 Å². The van der Waals surface area contributed by atoms with Crippen LogP contribution in [0.25, 0.3) is 0 Å². The highest BCUT2D eigenvalue weighted by Gasteiger charge is 2.24. The Hall–Kier alpha value is -1.02. The first kappa shape index (κ1) is 11.5. The Morgan fingerprint density at radius 2 is 1.88 bits per heavy atom. The molecule has 0 amide bonds. The van der Waals surface area contributed by atoms with E-state index in [-0.39, 0.29) is 6.10 Å². The van der Waals surface area contributed by atoms with Gasteiger partial charge in [0.1, 0.15) is 0 Å². The van der Waals surface area contributed by atoms with Crippen LogP contribution < -0.4 is 4.90 Å². The lowest BCUT2D eigenvalue weighted by Gasteiger charge is -2.16. The Morgan fingerprint density at radius 3 is 2.38 bits per heavy atom. The Labute approximate surface area is 97.9 Å². The zero-order chi connectivity index (χ0) is 11.5. The largest absolute Gasteiger partial charge is 0.393 e. The third-order valence-corrected chi connectivity index (χ3v) is 3.57. The van der Waals surface area contributed by atoms with Crippen LogP contribution in [-0.4, -0.2) is 25.3 Å². The average molecular weight is 219 g/mol. The third kappa shape index (κ3) is 2.56. The molecular formula is C14H21NO. The first-order valence-corrected chi connectivity index (χ1v) is 6.11. The van der Waals surface area contributed by atoms with Crippen molar-refractivity contribution in [3.63, 3.8) is 0 Å². The maximum absolute atomic E-state index is 9.78. The van der Waals surface area contributed by atoms with Crippen LogP contribution in [0.15, 0.2) is 24.3 Å². The van der Waals surface area contributed by atoms with Crippen LogP contribution in [0, 0.1) is 5.92 Å². The Balaban J connectivity index is 1.99. The molecule has 16 heavy (non-hydrogen) atoms. The van der Waals surface area contributed by atoms with E-state index in [0.717, 1.165) is 12.8 Å². The van der Waals surface area contributed by atoms with Gasteiger partial charge in [0.2, 0.25) is 0 Å². The highest BCUT2D eigenvalue weighted by atomic mass is 16.3. The second kappa shape index (κ2) is 4.88. The number of hydrogen-bond acceptors (Lipinski definition) is 2. The predicted molar refractivity (Wildman–Crippen MR) is 67.8 cm³/mol. The standard InChI is InChI=1S/C14H21NO/c1-15(2)13-8-6-11(7-9-13)10-12-4-3-5-14(12)16/h6-9,12,14,16H,3-5,10H2,1-2H3. The van der Waals surface area contributed by atoms with Crippen molar-refractivity contribution in [1.29, 1.82) is 0 Å². The molecule has 0 radical (unpaired) electrons. The maximum Gasteiger partial charge on any atom is 0.0571 e. The Morgan fingerprint density at radius 1 is 1.19 bits per heavy atom.